The first kappa shape index (κ1) is 13.1. The van der Waals surface area contributed by atoms with Gasteiger partial charge in [0.05, 0.1) is 10.6 Å². The van der Waals surface area contributed by atoms with Gasteiger partial charge >= 0.3 is 0 Å². The number of phenolic OH excluding ortho intramolecular Hbond substituents is 1. The number of benzene rings is 2. The van der Waals surface area contributed by atoms with Crippen LogP contribution >= 0.6 is 23.5 Å². The van der Waals surface area contributed by atoms with Crippen molar-refractivity contribution in [2.24, 2.45) is 4.40 Å². The minimum atomic E-state index is 0.116. The predicted octanol–water partition coefficient (Wildman–Crippen LogP) is 4.25. The predicted molar refractivity (Wildman–Crippen MR) is 84.8 cm³/mol. The molecule has 1 heterocycles. The molecule has 0 unspecified atom stereocenters. The number of aromatic hydroxyl groups is 1. The zero-order valence-electron chi connectivity index (χ0n) is 10.6. The van der Waals surface area contributed by atoms with Crippen molar-refractivity contribution in [3.63, 3.8) is 0 Å². The Labute approximate surface area is 126 Å². The Bertz CT molecular complexity index is 689. The third-order valence-corrected chi connectivity index (χ3v) is 4.31. The second kappa shape index (κ2) is 5.26. The zero-order chi connectivity index (χ0) is 14.1. The van der Waals surface area contributed by atoms with E-state index in [4.69, 9.17) is 11.6 Å². The van der Waals surface area contributed by atoms with Crippen LogP contribution in [0.3, 0.4) is 0 Å². The summed E-state index contributed by atoms with van der Waals surface area (Å²) in [4.78, 5) is 0.841. The van der Waals surface area contributed by atoms with Crippen LogP contribution in [0.1, 0.15) is 5.56 Å². The number of phenols is 1. The summed E-state index contributed by atoms with van der Waals surface area (Å²) in [6.45, 7) is 1.90. The SMILES string of the molecule is Cc1c(Cl)cc(O)c2c1SN=C(Nc1ccccc1)N2. The highest BCUT2D eigenvalue weighted by atomic mass is 35.5. The molecule has 3 rings (SSSR count). The number of halogens is 1. The number of nitrogens with one attached hydrogen (secondary N) is 2. The van der Waals surface area contributed by atoms with Gasteiger partial charge in [-0.1, -0.05) is 29.8 Å². The van der Waals surface area contributed by atoms with Gasteiger partial charge in [-0.3, -0.25) is 0 Å². The molecule has 0 saturated heterocycles. The minimum Gasteiger partial charge on any atom is -0.506 e. The summed E-state index contributed by atoms with van der Waals surface area (Å²) in [5, 5.41) is 16.8. The molecule has 0 aromatic heterocycles. The van der Waals surface area contributed by atoms with Gasteiger partial charge in [0.1, 0.15) is 5.75 Å². The zero-order valence-corrected chi connectivity index (χ0v) is 12.2. The number of fused-ring (bicyclic) bond motifs is 1. The number of hydrogen-bond donors (Lipinski definition) is 3. The molecule has 0 bridgehead atoms. The molecule has 0 fully saturated rings. The van der Waals surface area contributed by atoms with Crippen molar-refractivity contribution in [2.45, 2.75) is 11.8 Å². The second-order valence-electron chi connectivity index (χ2n) is 4.35. The first-order chi connectivity index (χ1) is 9.65. The van der Waals surface area contributed by atoms with E-state index in [9.17, 15) is 5.11 Å². The highest BCUT2D eigenvalue weighted by Gasteiger charge is 2.20. The highest BCUT2D eigenvalue weighted by molar-refractivity contribution is 7.98. The topological polar surface area (TPSA) is 56.7 Å². The van der Waals surface area contributed by atoms with Gasteiger partial charge in [0.25, 0.3) is 0 Å². The smallest absolute Gasteiger partial charge is 0.212 e. The lowest BCUT2D eigenvalue weighted by molar-refractivity contribution is 0.476. The van der Waals surface area contributed by atoms with E-state index in [0.717, 1.165) is 16.1 Å². The Balaban J connectivity index is 1.88. The van der Waals surface area contributed by atoms with E-state index >= 15 is 0 Å². The van der Waals surface area contributed by atoms with Crippen LogP contribution < -0.4 is 10.6 Å². The Morgan fingerprint density at radius 1 is 1.30 bits per heavy atom. The average molecular weight is 306 g/mol. The summed E-state index contributed by atoms with van der Waals surface area (Å²) in [6.07, 6.45) is 0. The first-order valence-corrected chi connectivity index (χ1v) is 7.16. The van der Waals surface area contributed by atoms with Gasteiger partial charge in [0.15, 0.2) is 0 Å². The third kappa shape index (κ3) is 2.42. The summed E-state index contributed by atoms with van der Waals surface area (Å²) < 4.78 is 4.35. The number of nitrogens with zero attached hydrogens (tertiary/aromatic N) is 1. The highest BCUT2D eigenvalue weighted by Crippen LogP contribution is 2.43. The molecule has 20 heavy (non-hydrogen) atoms. The molecule has 0 spiro atoms. The Morgan fingerprint density at radius 3 is 2.80 bits per heavy atom. The first-order valence-electron chi connectivity index (χ1n) is 6.01. The Hall–Kier alpha value is -1.85. The lowest BCUT2D eigenvalue weighted by Crippen LogP contribution is -2.24. The standard InChI is InChI=1S/C14H12ClN3OS/c1-8-10(15)7-11(19)12-13(8)20-18-14(17-12)16-9-5-3-2-4-6-9/h2-7,19H,1H3,(H2,16,17,18). The molecule has 0 radical (unpaired) electrons. The van der Waals surface area contributed by atoms with Gasteiger partial charge in [0, 0.05) is 28.7 Å². The fraction of sp³-hybridized carbons (Fsp3) is 0.0714. The maximum absolute atomic E-state index is 10.0. The molecular weight excluding hydrogens is 294 g/mol. The maximum Gasteiger partial charge on any atom is 0.212 e. The van der Waals surface area contributed by atoms with Gasteiger partial charge in [0.2, 0.25) is 5.96 Å². The average Bonchev–Trinajstić information content (AvgIpc) is 2.46. The lowest BCUT2D eigenvalue weighted by atomic mass is 10.2. The van der Waals surface area contributed by atoms with Crippen molar-refractivity contribution in [2.75, 3.05) is 10.6 Å². The van der Waals surface area contributed by atoms with E-state index in [1.54, 1.807) is 0 Å². The molecule has 4 nitrogen and oxygen atoms in total. The normalized spacial score (nSPS) is 13.2. The number of anilines is 2. The van der Waals surface area contributed by atoms with E-state index < -0.39 is 0 Å². The van der Waals surface area contributed by atoms with Crippen LogP contribution in [0.4, 0.5) is 11.4 Å². The van der Waals surface area contributed by atoms with E-state index in [1.165, 1.54) is 18.0 Å². The number of rotatable bonds is 1. The summed E-state index contributed by atoms with van der Waals surface area (Å²) >= 11 is 7.34. The Kier molecular flexibility index (Phi) is 3.46. The molecule has 3 N–H and O–H groups in total. The fourth-order valence-corrected chi connectivity index (χ4v) is 2.91. The molecule has 0 atom stereocenters. The van der Waals surface area contributed by atoms with Gasteiger partial charge < -0.3 is 15.7 Å². The number of hydrogen-bond acceptors (Lipinski definition) is 5. The molecule has 0 aliphatic carbocycles. The van der Waals surface area contributed by atoms with Crippen LogP contribution in [-0.2, 0) is 0 Å². The lowest BCUT2D eigenvalue weighted by Gasteiger charge is -2.21. The monoisotopic (exact) mass is 305 g/mol. The van der Waals surface area contributed by atoms with Crippen LogP contribution in [-0.4, -0.2) is 11.1 Å². The van der Waals surface area contributed by atoms with E-state index in [-0.39, 0.29) is 5.75 Å². The molecule has 6 heteroatoms. The van der Waals surface area contributed by atoms with Crippen molar-refractivity contribution < 1.29 is 5.11 Å². The maximum atomic E-state index is 10.0. The van der Waals surface area contributed by atoms with Crippen molar-refractivity contribution in [3.8, 4) is 5.75 Å². The largest absolute Gasteiger partial charge is 0.506 e. The minimum absolute atomic E-state index is 0.116. The summed E-state index contributed by atoms with van der Waals surface area (Å²) in [5.74, 6) is 0.691. The molecule has 102 valence electrons. The van der Waals surface area contributed by atoms with E-state index in [2.05, 4.69) is 15.0 Å². The van der Waals surface area contributed by atoms with Crippen molar-refractivity contribution in [1.29, 1.82) is 0 Å². The van der Waals surface area contributed by atoms with Gasteiger partial charge in [-0.25, -0.2) is 0 Å². The third-order valence-electron chi connectivity index (χ3n) is 2.95. The van der Waals surface area contributed by atoms with Gasteiger partial charge in [-0.05, 0) is 24.6 Å². The van der Waals surface area contributed by atoms with E-state index in [1.807, 2.05) is 37.3 Å². The van der Waals surface area contributed by atoms with Crippen LogP contribution in [0, 0.1) is 6.92 Å². The number of para-hydroxylation sites is 1. The van der Waals surface area contributed by atoms with Crippen LogP contribution in [0.5, 0.6) is 5.75 Å². The molecular formula is C14H12ClN3OS. The summed E-state index contributed by atoms with van der Waals surface area (Å²) in [7, 11) is 0. The number of guanidine groups is 1. The molecule has 0 saturated carbocycles. The molecule has 1 aliphatic heterocycles. The Morgan fingerprint density at radius 2 is 2.05 bits per heavy atom. The molecule has 2 aromatic rings. The van der Waals surface area contributed by atoms with Crippen LogP contribution in [0.15, 0.2) is 45.7 Å². The summed E-state index contributed by atoms with van der Waals surface area (Å²) in [5.41, 5.74) is 2.46. The van der Waals surface area contributed by atoms with Crippen molar-refractivity contribution in [3.05, 3.63) is 47.0 Å². The fourth-order valence-electron chi connectivity index (χ4n) is 1.89. The molecule has 0 amide bonds. The van der Waals surface area contributed by atoms with Gasteiger partial charge in [-0.2, -0.15) is 4.40 Å². The van der Waals surface area contributed by atoms with Crippen molar-refractivity contribution >= 4 is 40.9 Å². The summed E-state index contributed by atoms with van der Waals surface area (Å²) in [6, 6.07) is 11.2. The van der Waals surface area contributed by atoms with E-state index in [0.29, 0.717) is 16.7 Å². The molecule has 2 aromatic carbocycles. The van der Waals surface area contributed by atoms with Crippen molar-refractivity contribution in [1.82, 2.24) is 0 Å². The second-order valence-corrected chi connectivity index (χ2v) is 5.53. The van der Waals surface area contributed by atoms with Crippen LogP contribution in [0.25, 0.3) is 0 Å². The quantitative estimate of drug-likeness (QED) is 0.544. The van der Waals surface area contributed by atoms with Gasteiger partial charge in [-0.15, -0.1) is 0 Å². The molecule has 1 aliphatic rings. The van der Waals surface area contributed by atoms with Crippen LogP contribution in [0.2, 0.25) is 5.02 Å².